The lowest BCUT2D eigenvalue weighted by Crippen LogP contribution is -2.06. The maximum absolute atomic E-state index is 7.15. The Labute approximate surface area is 548 Å². The van der Waals surface area contributed by atoms with Crippen LogP contribution in [0.1, 0.15) is 0 Å². The number of furan rings is 2. The first kappa shape index (κ1) is 53.5. The average Bonchev–Trinajstić information content (AvgIpc) is 1.57. The molecule has 0 saturated heterocycles. The molecule has 0 unspecified atom stereocenters. The summed E-state index contributed by atoms with van der Waals surface area (Å²) in [5.74, 6) is 3.33. The fraction of sp³-hybridized carbons (Fsp3) is 0. The lowest BCUT2D eigenvalue weighted by molar-refractivity contribution is 0.672. The topological polar surface area (TPSA) is 113 Å². The zero-order valence-electron chi connectivity index (χ0n) is 51.3. The van der Waals surface area contributed by atoms with E-state index in [1.54, 1.807) is 0 Å². The molecule has 0 radical (unpaired) electrons. The molecule has 6 heterocycles. The highest BCUT2D eigenvalue weighted by atomic mass is 16.3. The van der Waals surface area contributed by atoms with Crippen LogP contribution < -0.4 is 0 Å². The molecule has 0 bridgehead atoms. The second-order valence-electron chi connectivity index (χ2n) is 24.5. The molecule has 446 valence electrons. The van der Waals surface area contributed by atoms with Gasteiger partial charge in [0.25, 0.3) is 0 Å². The van der Waals surface area contributed by atoms with Gasteiger partial charge in [-0.05, 0) is 118 Å². The predicted octanol–water partition coefficient (Wildman–Crippen LogP) is 22.0. The minimum atomic E-state index is 0.499. The van der Waals surface area contributed by atoms with Crippen LogP contribution in [0.5, 0.6) is 0 Å². The van der Waals surface area contributed by atoms with Gasteiger partial charge in [-0.1, -0.05) is 218 Å². The second kappa shape index (κ2) is 21.2. The molecule has 96 heavy (non-hydrogen) atoms. The zero-order valence-corrected chi connectivity index (χ0v) is 51.3. The SMILES string of the molecule is c1ccc(-c2ccc3c(c2)c2c(-c4ccc5c(c4)oc4c6cc(-c7nc(-c8ccccc8)nc(-c8cccc(-n9c%10ccccc%10c%10ccccc%109)c8)n7)ccc6ccc54)cccc2n3-c2nc(-c3ccccc3)nc(-c3ccc4ccc5c6ccccc6oc5c4c3)n2)cc1. The van der Waals surface area contributed by atoms with E-state index in [2.05, 4.69) is 252 Å². The molecule has 0 atom stereocenters. The van der Waals surface area contributed by atoms with Crippen molar-refractivity contribution < 1.29 is 8.83 Å². The van der Waals surface area contributed by atoms with E-state index in [4.69, 9.17) is 38.7 Å². The van der Waals surface area contributed by atoms with Crippen molar-refractivity contribution in [2.45, 2.75) is 0 Å². The molecule has 0 spiro atoms. The Morgan fingerprint density at radius 2 is 0.667 bits per heavy atom. The molecule has 0 aliphatic carbocycles. The van der Waals surface area contributed by atoms with Crippen molar-refractivity contribution >= 4 is 109 Å². The molecule has 0 aliphatic rings. The van der Waals surface area contributed by atoms with Gasteiger partial charge in [0.1, 0.15) is 22.3 Å². The Bertz CT molecular complexity index is 6530. The Kier molecular flexibility index (Phi) is 11.8. The molecule has 0 N–H and O–H groups in total. The molecule has 20 rings (SSSR count). The van der Waals surface area contributed by atoms with Crippen LogP contribution in [0.3, 0.4) is 0 Å². The van der Waals surface area contributed by atoms with Crippen molar-refractivity contribution in [3.8, 4) is 90.8 Å². The molecule has 0 fully saturated rings. The Morgan fingerprint density at radius 1 is 0.229 bits per heavy atom. The summed E-state index contributed by atoms with van der Waals surface area (Å²) in [6, 6.07) is 106. The normalized spacial score (nSPS) is 12.0. The number of hydrogen-bond acceptors (Lipinski definition) is 8. The van der Waals surface area contributed by atoms with E-state index < -0.39 is 0 Å². The van der Waals surface area contributed by atoms with Crippen LogP contribution in [0.2, 0.25) is 0 Å². The van der Waals surface area contributed by atoms with Gasteiger partial charge in [0, 0.05) is 87.4 Å². The van der Waals surface area contributed by atoms with E-state index in [1.807, 2.05) is 60.7 Å². The van der Waals surface area contributed by atoms with Crippen LogP contribution in [0.25, 0.3) is 200 Å². The van der Waals surface area contributed by atoms with Gasteiger partial charge in [0.15, 0.2) is 29.1 Å². The van der Waals surface area contributed by atoms with Gasteiger partial charge >= 0.3 is 0 Å². The number of nitrogens with zero attached hydrogens (tertiary/aromatic N) is 8. The highest BCUT2D eigenvalue weighted by Gasteiger charge is 2.24. The molecule has 0 aliphatic heterocycles. The lowest BCUT2D eigenvalue weighted by Gasteiger charge is -2.12. The fourth-order valence-electron chi connectivity index (χ4n) is 14.5. The van der Waals surface area contributed by atoms with Crippen molar-refractivity contribution in [1.82, 2.24) is 39.0 Å². The molecule has 14 aromatic carbocycles. The van der Waals surface area contributed by atoms with E-state index in [0.29, 0.717) is 35.1 Å². The molecule has 0 saturated carbocycles. The minimum Gasteiger partial charge on any atom is -0.455 e. The Balaban J connectivity index is 0.734. The van der Waals surface area contributed by atoms with E-state index in [0.717, 1.165) is 154 Å². The predicted molar refractivity (Wildman–Crippen MR) is 390 cm³/mol. The fourth-order valence-corrected chi connectivity index (χ4v) is 14.5. The number of fused-ring (bicyclic) bond motifs is 16. The highest BCUT2D eigenvalue weighted by Crippen LogP contribution is 2.44. The van der Waals surface area contributed by atoms with E-state index in [-0.39, 0.29) is 0 Å². The smallest absolute Gasteiger partial charge is 0.238 e. The van der Waals surface area contributed by atoms with Gasteiger partial charge in [0.2, 0.25) is 5.95 Å². The van der Waals surface area contributed by atoms with Crippen molar-refractivity contribution in [2.75, 3.05) is 0 Å². The Hall–Kier alpha value is -13.2. The molecular weight excluding hydrogens is 1180 g/mol. The van der Waals surface area contributed by atoms with Crippen molar-refractivity contribution in [2.24, 2.45) is 0 Å². The average molecular weight is 1230 g/mol. The van der Waals surface area contributed by atoms with Gasteiger partial charge in [-0.25, -0.2) is 19.9 Å². The van der Waals surface area contributed by atoms with Gasteiger partial charge in [-0.15, -0.1) is 0 Å². The van der Waals surface area contributed by atoms with Gasteiger partial charge < -0.3 is 13.4 Å². The third kappa shape index (κ3) is 8.52. The second-order valence-corrected chi connectivity index (χ2v) is 24.5. The molecule has 0 amide bonds. The van der Waals surface area contributed by atoms with Gasteiger partial charge in [-0.2, -0.15) is 9.97 Å². The van der Waals surface area contributed by atoms with Gasteiger partial charge in [0.05, 0.1) is 22.1 Å². The van der Waals surface area contributed by atoms with Gasteiger partial charge in [-0.3, -0.25) is 4.57 Å². The van der Waals surface area contributed by atoms with Crippen molar-refractivity contribution in [3.63, 3.8) is 0 Å². The molecule has 20 aromatic rings. The first-order chi connectivity index (χ1) is 47.5. The number of benzene rings is 14. The van der Waals surface area contributed by atoms with Crippen LogP contribution in [0, 0.1) is 0 Å². The first-order valence-electron chi connectivity index (χ1n) is 32.1. The maximum atomic E-state index is 7.15. The monoisotopic (exact) mass is 1230 g/mol. The maximum Gasteiger partial charge on any atom is 0.238 e. The van der Waals surface area contributed by atoms with Crippen molar-refractivity contribution in [1.29, 1.82) is 0 Å². The Morgan fingerprint density at radius 3 is 1.31 bits per heavy atom. The molecular formula is C86H50N8O2. The summed E-state index contributed by atoms with van der Waals surface area (Å²) < 4.78 is 18.2. The lowest BCUT2D eigenvalue weighted by atomic mass is 9.96. The number of hydrogen-bond donors (Lipinski definition) is 0. The quantitative estimate of drug-likeness (QED) is 0.140. The molecule has 10 nitrogen and oxygen atoms in total. The standard InChI is InChI=1S/C86H50N8O2/c1-4-18-51(19-5-1)56-41-45-74-71(47-56)78-62(29-17-32-75(78)94(74)86-91-82(55-22-8-3-9-23-55)89-85(92-86)60-37-35-52-38-43-67-65-28-12-15-33-76(65)95-79(67)69(52)49-60)57-40-42-66-68-44-39-53-34-36-59(48-70(53)80(68)96-77(66)50-57)84-88-81(54-20-6-2-7-21-54)87-83(90-84)58-24-16-25-61(46-58)93-72-30-13-10-26-63(72)64-27-11-14-31-73(64)93/h1-50H. The zero-order chi connectivity index (χ0) is 63.0. The van der Waals surface area contributed by atoms with Crippen LogP contribution >= 0.6 is 0 Å². The molecule has 6 aromatic heterocycles. The number of para-hydroxylation sites is 3. The van der Waals surface area contributed by atoms with Crippen LogP contribution in [0.15, 0.2) is 312 Å². The molecule has 10 heteroatoms. The largest absolute Gasteiger partial charge is 0.455 e. The summed E-state index contributed by atoms with van der Waals surface area (Å²) in [7, 11) is 0. The summed E-state index contributed by atoms with van der Waals surface area (Å²) in [4.78, 5) is 31.7. The summed E-state index contributed by atoms with van der Waals surface area (Å²) in [5, 5.41) is 12.7. The summed E-state index contributed by atoms with van der Waals surface area (Å²) in [6.07, 6.45) is 0. The summed E-state index contributed by atoms with van der Waals surface area (Å²) >= 11 is 0. The van der Waals surface area contributed by atoms with E-state index in [1.165, 1.54) is 10.8 Å². The van der Waals surface area contributed by atoms with E-state index >= 15 is 0 Å². The first-order valence-corrected chi connectivity index (χ1v) is 32.1. The third-order valence-electron chi connectivity index (χ3n) is 19.0. The summed E-state index contributed by atoms with van der Waals surface area (Å²) in [5.41, 5.74) is 17.0. The summed E-state index contributed by atoms with van der Waals surface area (Å²) in [6.45, 7) is 0. The highest BCUT2D eigenvalue weighted by molar-refractivity contribution is 6.20. The number of rotatable bonds is 9. The number of aromatic nitrogens is 8. The van der Waals surface area contributed by atoms with Crippen LogP contribution in [0.4, 0.5) is 0 Å². The minimum absolute atomic E-state index is 0.499. The van der Waals surface area contributed by atoms with Crippen molar-refractivity contribution in [3.05, 3.63) is 303 Å². The van der Waals surface area contributed by atoms with E-state index in [9.17, 15) is 0 Å². The van der Waals surface area contributed by atoms with Crippen LogP contribution in [-0.2, 0) is 0 Å². The third-order valence-corrected chi connectivity index (χ3v) is 19.0. The van der Waals surface area contributed by atoms with Crippen LogP contribution in [-0.4, -0.2) is 39.0 Å².